The van der Waals surface area contributed by atoms with Crippen molar-refractivity contribution in [2.45, 2.75) is 6.61 Å². The van der Waals surface area contributed by atoms with Gasteiger partial charge in [0.2, 0.25) is 0 Å². The molecule has 0 aliphatic carbocycles. The van der Waals surface area contributed by atoms with E-state index in [0.29, 0.717) is 10.2 Å². The average Bonchev–Trinajstić information content (AvgIpc) is 2.21. The summed E-state index contributed by atoms with van der Waals surface area (Å²) in [5.41, 5.74) is 2.47. The molecule has 4 N–H and O–H groups in total. The monoisotopic (exact) mass is 311 g/mol. The molecule has 0 spiro atoms. The third-order valence-corrected chi connectivity index (χ3v) is 2.25. The molecule has 0 aliphatic heterocycles. The number of hydrogen-bond donors (Lipinski definition) is 3. The van der Waals surface area contributed by atoms with Crippen LogP contribution in [0.25, 0.3) is 0 Å². The van der Waals surface area contributed by atoms with Gasteiger partial charge in [-0.2, -0.15) is 8.78 Å². The molecule has 0 atom stereocenters. The number of thiocarbonyl (C=S) groups is 1. The van der Waals surface area contributed by atoms with E-state index in [1.54, 1.807) is 6.07 Å². The smallest absolute Gasteiger partial charge is 0.387 e. The Hall–Kier alpha value is -0.990. The van der Waals surface area contributed by atoms with Crippen molar-refractivity contribution >= 4 is 38.9 Å². The maximum Gasteiger partial charge on any atom is 0.387 e. The number of rotatable bonds is 3. The van der Waals surface area contributed by atoms with E-state index in [-0.39, 0.29) is 10.9 Å². The van der Waals surface area contributed by atoms with Crippen molar-refractivity contribution < 1.29 is 13.5 Å². The second-order valence-electron chi connectivity index (χ2n) is 2.62. The van der Waals surface area contributed by atoms with Crippen LogP contribution in [0.4, 0.5) is 14.5 Å². The molecule has 0 saturated heterocycles. The van der Waals surface area contributed by atoms with E-state index in [9.17, 15) is 8.78 Å². The molecular weight excluding hydrogens is 304 g/mol. The normalized spacial score (nSPS) is 10.1. The van der Waals surface area contributed by atoms with Gasteiger partial charge in [-0.1, -0.05) is 15.9 Å². The molecule has 0 aliphatic rings. The minimum atomic E-state index is -2.91. The number of alkyl halides is 2. The van der Waals surface area contributed by atoms with E-state index in [2.05, 4.69) is 31.4 Å². The lowest BCUT2D eigenvalue weighted by Crippen LogP contribution is -2.34. The van der Waals surface area contributed by atoms with E-state index in [1.165, 1.54) is 12.1 Å². The molecule has 0 unspecified atom stereocenters. The summed E-state index contributed by atoms with van der Waals surface area (Å²) in [5, 5.41) is 2.71. The maximum atomic E-state index is 12.1. The van der Waals surface area contributed by atoms with Gasteiger partial charge in [0.15, 0.2) is 10.9 Å². The van der Waals surface area contributed by atoms with Gasteiger partial charge in [-0.3, -0.25) is 0 Å². The summed E-state index contributed by atoms with van der Waals surface area (Å²) >= 11 is 7.89. The van der Waals surface area contributed by atoms with Gasteiger partial charge >= 0.3 is 6.61 Å². The molecule has 88 valence electrons. The molecule has 4 nitrogen and oxygen atoms in total. The van der Waals surface area contributed by atoms with Gasteiger partial charge in [-0.05, 0) is 30.4 Å². The van der Waals surface area contributed by atoms with E-state index in [1.807, 2.05) is 0 Å². The van der Waals surface area contributed by atoms with E-state index in [0.717, 1.165) is 0 Å². The molecule has 0 bridgehead atoms. The summed E-state index contributed by atoms with van der Waals surface area (Å²) in [6.07, 6.45) is 0. The van der Waals surface area contributed by atoms with Crippen LogP contribution in [0.3, 0.4) is 0 Å². The molecule has 0 fully saturated rings. The quantitative estimate of drug-likeness (QED) is 0.454. The molecule has 1 aromatic carbocycles. The van der Waals surface area contributed by atoms with E-state index < -0.39 is 6.61 Å². The van der Waals surface area contributed by atoms with Gasteiger partial charge in [-0.25, -0.2) is 5.84 Å². The van der Waals surface area contributed by atoms with Gasteiger partial charge in [0.25, 0.3) is 0 Å². The minimum absolute atomic E-state index is 0.0259. The summed E-state index contributed by atoms with van der Waals surface area (Å²) < 4.78 is 29.2. The highest BCUT2D eigenvalue weighted by Crippen LogP contribution is 2.29. The molecule has 1 rings (SSSR count). The lowest BCUT2D eigenvalue weighted by atomic mass is 10.3. The molecule has 0 amide bonds. The summed E-state index contributed by atoms with van der Waals surface area (Å²) in [6, 6.07) is 4.58. The first kappa shape index (κ1) is 13.1. The fourth-order valence-electron chi connectivity index (χ4n) is 0.951. The Bertz CT molecular complexity index is 392. The molecule has 0 saturated carbocycles. The summed E-state index contributed by atoms with van der Waals surface area (Å²) in [6.45, 7) is -2.91. The molecule has 8 heteroatoms. The van der Waals surface area contributed by atoms with Gasteiger partial charge < -0.3 is 15.5 Å². The summed E-state index contributed by atoms with van der Waals surface area (Å²) in [5.74, 6) is 5.02. The van der Waals surface area contributed by atoms with Crippen molar-refractivity contribution in [3.63, 3.8) is 0 Å². The molecular formula is C8H8BrF2N3OS. The number of hydrazine groups is 1. The zero-order chi connectivity index (χ0) is 12.1. The maximum absolute atomic E-state index is 12.1. The summed E-state index contributed by atoms with van der Waals surface area (Å²) in [4.78, 5) is 0. The fourth-order valence-corrected chi connectivity index (χ4v) is 1.40. The Balaban J connectivity index is 2.93. The zero-order valence-electron chi connectivity index (χ0n) is 7.84. The van der Waals surface area contributed by atoms with Crippen LogP contribution in [-0.2, 0) is 0 Å². The van der Waals surface area contributed by atoms with E-state index in [4.69, 9.17) is 18.1 Å². The van der Waals surface area contributed by atoms with Crippen LogP contribution < -0.4 is 21.3 Å². The third kappa shape index (κ3) is 3.87. The van der Waals surface area contributed by atoms with Crippen LogP contribution in [0.15, 0.2) is 22.7 Å². The number of halogens is 3. The number of ether oxygens (including phenoxy) is 1. The predicted molar refractivity (Wildman–Crippen MR) is 64.3 cm³/mol. The van der Waals surface area contributed by atoms with Crippen LogP contribution in [0.5, 0.6) is 5.75 Å². The SMILES string of the molecule is NNC(=S)Nc1ccc(Br)cc1OC(F)F. The van der Waals surface area contributed by atoms with Crippen LogP contribution in [0, 0.1) is 0 Å². The first-order valence-corrected chi connectivity index (χ1v) is 5.25. The highest BCUT2D eigenvalue weighted by molar-refractivity contribution is 9.10. The lowest BCUT2D eigenvalue weighted by Gasteiger charge is -2.13. The summed E-state index contributed by atoms with van der Waals surface area (Å²) in [7, 11) is 0. The van der Waals surface area contributed by atoms with Crippen molar-refractivity contribution in [1.82, 2.24) is 5.43 Å². The predicted octanol–water partition coefficient (Wildman–Crippen LogP) is 2.21. The number of hydrogen-bond acceptors (Lipinski definition) is 3. The number of anilines is 1. The highest BCUT2D eigenvalue weighted by Gasteiger charge is 2.10. The second-order valence-corrected chi connectivity index (χ2v) is 3.94. The first-order chi connectivity index (χ1) is 7.52. The first-order valence-electron chi connectivity index (χ1n) is 4.05. The van der Waals surface area contributed by atoms with Crippen LogP contribution in [0.2, 0.25) is 0 Å². The van der Waals surface area contributed by atoms with Crippen LogP contribution in [-0.4, -0.2) is 11.7 Å². The van der Waals surface area contributed by atoms with Crippen LogP contribution >= 0.6 is 28.1 Å². The second kappa shape index (κ2) is 5.92. The third-order valence-electron chi connectivity index (χ3n) is 1.54. The van der Waals surface area contributed by atoms with Gasteiger partial charge in [0.1, 0.15) is 0 Å². The highest BCUT2D eigenvalue weighted by atomic mass is 79.9. The molecule has 1 aromatic rings. The fraction of sp³-hybridized carbons (Fsp3) is 0.125. The zero-order valence-corrected chi connectivity index (χ0v) is 10.2. The number of nitrogens with two attached hydrogens (primary N) is 1. The Morgan fingerprint density at radius 2 is 2.19 bits per heavy atom. The standard InChI is InChI=1S/C8H8BrF2N3OS/c9-4-1-2-5(13-8(16)14-12)6(3-4)15-7(10)11/h1-3,7H,12H2,(H2,13,14,16). The van der Waals surface area contributed by atoms with Gasteiger partial charge in [0, 0.05) is 4.47 Å². The largest absolute Gasteiger partial charge is 0.433 e. The molecule has 0 heterocycles. The molecule has 16 heavy (non-hydrogen) atoms. The van der Waals surface area contributed by atoms with Crippen molar-refractivity contribution in [3.8, 4) is 5.75 Å². The Kier molecular flexibility index (Phi) is 4.84. The Labute approximate surface area is 104 Å². The molecule has 0 aromatic heterocycles. The van der Waals surface area contributed by atoms with Gasteiger partial charge in [0.05, 0.1) is 5.69 Å². The Morgan fingerprint density at radius 1 is 1.50 bits per heavy atom. The topological polar surface area (TPSA) is 59.3 Å². The number of benzene rings is 1. The van der Waals surface area contributed by atoms with Crippen molar-refractivity contribution in [3.05, 3.63) is 22.7 Å². The van der Waals surface area contributed by atoms with Gasteiger partial charge in [-0.15, -0.1) is 0 Å². The lowest BCUT2D eigenvalue weighted by molar-refractivity contribution is -0.0493. The van der Waals surface area contributed by atoms with Crippen molar-refractivity contribution in [2.24, 2.45) is 5.84 Å². The Morgan fingerprint density at radius 3 is 2.75 bits per heavy atom. The minimum Gasteiger partial charge on any atom is -0.433 e. The van der Waals surface area contributed by atoms with E-state index >= 15 is 0 Å². The number of nitrogens with one attached hydrogen (secondary N) is 2. The van der Waals surface area contributed by atoms with Crippen LogP contribution in [0.1, 0.15) is 0 Å². The van der Waals surface area contributed by atoms with Crippen molar-refractivity contribution in [2.75, 3.05) is 5.32 Å². The molecule has 0 radical (unpaired) electrons. The average molecular weight is 312 g/mol. The van der Waals surface area contributed by atoms with Crippen molar-refractivity contribution in [1.29, 1.82) is 0 Å².